The minimum absolute atomic E-state index is 0.775. The Morgan fingerprint density at radius 2 is 1.72 bits per heavy atom. The SMILES string of the molecule is c1cc(NC2=NCCN2)ccc1Cc1ccc(OCC2CCC2)cc1. The van der Waals surface area contributed by atoms with Gasteiger partial charge in [-0.05, 0) is 60.6 Å². The Kier molecular flexibility index (Phi) is 4.86. The van der Waals surface area contributed by atoms with Crippen LogP contribution in [0.3, 0.4) is 0 Å². The van der Waals surface area contributed by atoms with Crippen molar-refractivity contribution < 1.29 is 4.74 Å². The van der Waals surface area contributed by atoms with Crippen molar-refractivity contribution in [3.8, 4) is 5.75 Å². The fourth-order valence-corrected chi connectivity index (χ4v) is 3.14. The van der Waals surface area contributed by atoms with Crippen LogP contribution in [0.1, 0.15) is 30.4 Å². The fourth-order valence-electron chi connectivity index (χ4n) is 3.14. The lowest BCUT2D eigenvalue weighted by atomic mass is 9.86. The summed E-state index contributed by atoms with van der Waals surface area (Å²) in [6.07, 6.45) is 4.95. The number of benzene rings is 2. The van der Waals surface area contributed by atoms with Crippen LogP contribution in [0.25, 0.3) is 0 Å². The smallest absolute Gasteiger partial charge is 0.195 e. The van der Waals surface area contributed by atoms with E-state index < -0.39 is 0 Å². The number of nitrogens with zero attached hydrogens (tertiary/aromatic N) is 1. The van der Waals surface area contributed by atoms with Gasteiger partial charge in [-0.15, -0.1) is 0 Å². The summed E-state index contributed by atoms with van der Waals surface area (Å²) in [5.41, 5.74) is 3.67. The molecular formula is C21H25N3O. The summed E-state index contributed by atoms with van der Waals surface area (Å²) >= 11 is 0. The normalized spacial score (nSPS) is 16.7. The quantitative estimate of drug-likeness (QED) is 0.843. The van der Waals surface area contributed by atoms with E-state index in [1.165, 1.54) is 30.4 Å². The van der Waals surface area contributed by atoms with Gasteiger partial charge in [0.2, 0.25) is 0 Å². The van der Waals surface area contributed by atoms with Gasteiger partial charge in [0, 0.05) is 12.2 Å². The number of rotatable bonds is 6. The monoisotopic (exact) mass is 335 g/mol. The Hall–Kier alpha value is -2.49. The zero-order valence-corrected chi connectivity index (χ0v) is 14.5. The third-order valence-corrected chi connectivity index (χ3v) is 4.93. The van der Waals surface area contributed by atoms with Gasteiger partial charge in [0.1, 0.15) is 5.75 Å². The van der Waals surface area contributed by atoms with Gasteiger partial charge < -0.3 is 15.4 Å². The van der Waals surface area contributed by atoms with Crippen molar-refractivity contribution in [2.75, 3.05) is 25.0 Å². The third-order valence-electron chi connectivity index (χ3n) is 4.93. The van der Waals surface area contributed by atoms with Crippen LogP contribution in [0.5, 0.6) is 5.75 Å². The maximum Gasteiger partial charge on any atom is 0.195 e. The molecule has 1 heterocycles. The van der Waals surface area contributed by atoms with Crippen molar-refractivity contribution in [1.82, 2.24) is 5.32 Å². The molecule has 0 radical (unpaired) electrons. The molecule has 0 atom stereocenters. The molecule has 4 nitrogen and oxygen atoms in total. The van der Waals surface area contributed by atoms with Gasteiger partial charge in [0.25, 0.3) is 0 Å². The van der Waals surface area contributed by atoms with Crippen molar-refractivity contribution in [2.24, 2.45) is 10.9 Å². The molecular weight excluding hydrogens is 310 g/mol. The van der Waals surface area contributed by atoms with E-state index >= 15 is 0 Å². The third kappa shape index (κ3) is 4.32. The summed E-state index contributed by atoms with van der Waals surface area (Å²) in [5, 5.41) is 6.51. The first-order valence-electron chi connectivity index (χ1n) is 9.21. The molecule has 2 aromatic rings. The molecule has 2 N–H and O–H groups in total. The second-order valence-corrected chi connectivity index (χ2v) is 6.91. The average Bonchev–Trinajstić information content (AvgIpc) is 3.10. The van der Waals surface area contributed by atoms with E-state index in [1.807, 2.05) is 0 Å². The molecule has 0 spiro atoms. The first-order chi connectivity index (χ1) is 12.3. The van der Waals surface area contributed by atoms with Crippen LogP contribution < -0.4 is 15.4 Å². The van der Waals surface area contributed by atoms with Crippen LogP contribution in [0.15, 0.2) is 53.5 Å². The first kappa shape index (κ1) is 16.0. The predicted molar refractivity (Wildman–Crippen MR) is 102 cm³/mol. The first-order valence-corrected chi connectivity index (χ1v) is 9.21. The van der Waals surface area contributed by atoms with Gasteiger partial charge >= 0.3 is 0 Å². The molecule has 2 aliphatic rings. The van der Waals surface area contributed by atoms with E-state index in [1.54, 1.807) is 0 Å². The Morgan fingerprint density at radius 1 is 1.00 bits per heavy atom. The number of aliphatic imine (C=N–C) groups is 1. The van der Waals surface area contributed by atoms with Crippen molar-refractivity contribution in [3.05, 3.63) is 59.7 Å². The minimum atomic E-state index is 0.775. The molecule has 0 amide bonds. The topological polar surface area (TPSA) is 45.7 Å². The molecule has 25 heavy (non-hydrogen) atoms. The van der Waals surface area contributed by atoms with Gasteiger partial charge in [-0.2, -0.15) is 0 Å². The van der Waals surface area contributed by atoms with Crippen molar-refractivity contribution in [3.63, 3.8) is 0 Å². The number of ether oxygens (including phenoxy) is 1. The summed E-state index contributed by atoms with van der Waals surface area (Å²) in [4.78, 5) is 4.35. The summed E-state index contributed by atoms with van der Waals surface area (Å²) in [6, 6.07) is 17.1. The van der Waals surface area contributed by atoms with Crippen molar-refractivity contribution in [2.45, 2.75) is 25.7 Å². The molecule has 1 aliphatic carbocycles. The second kappa shape index (κ2) is 7.60. The highest BCUT2D eigenvalue weighted by molar-refractivity contribution is 5.94. The molecule has 2 aromatic carbocycles. The lowest BCUT2D eigenvalue weighted by molar-refractivity contribution is 0.180. The Balaban J connectivity index is 1.30. The summed E-state index contributed by atoms with van der Waals surface area (Å²) in [7, 11) is 0. The second-order valence-electron chi connectivity index (χ2n) is 6.91. The van der Waals surface area contributed by atoms with Crippen LogP contribution in [-0.2, 0) is 6.42 Å². The van der Waals surface area contributed by atoms with Crippen LogP contribution in [0, 0.1) is 5.92 Å². The fraction of sp³-hybridized carbons (Fsp3) is 0.381. The van der Waals surface area contributed by atoms with Crippen LogP contribution in [0.2, 0.25) is 0 Å². The van der Waals surface area contributed by atoms with Gasteiger partial charge in [-0.25, -0.2) is 0 Å². The van der Waals surface area contributed by atoms with Gasteiger partial charge in [-0.1, -0.05) is 30.7 Å². The maximum absolute atomic E-state index is 5.87. The van der Waals surface area contributed by atoms with E-state index in [4.69, 9.17) is 4.74 Å². The molecule has 4 rings (SSSR count). The average molecular weight is 335 g/mol. The summed E-state index contributed by atoms with van der Waals surface area (Å²) in [5.74, 6) is 2.63. The zero-order valence-electron chi connectivity index (χ0n) is 14.5. The Morgan fingerprint density at radius 3 is 2.32 bits per heavy atom. The number of nitrogens with one attached hydrogen (secondary N) is 2. The molecule has 130 valence electrons. The summed E-state index contributed by atoms with van der Waals surface area (Å²) < 4.78 is 5.87. The largest absolute Gasteiger partial charge is 0.493 e. The molecule has 4 heteroatoms. The van der Waals surface area contributed by atoms with Gasteiger partial charge in [-0.3, -0.25) is 4.99 Å². The van der Waals surface area contributed by atoms with Gasteiger partial charge in [0.15, 0.2) is 5.96 Å². The summed E-state index contributed by atoms with van der Waals surface area (Å²) in [6.45, 7) is 2.63. The van der Waals surface area contributed by atoms with E-state index in [2.05, 4.69) is 64.2 Å². The van der Waals surface area contributed by atoms with Crippen molar-refractivity contribution in [1.29, 1.82) is 0 Å². The lowest BCUT2D eigenvalue weighted by Gasteiger charge is -2.25. The van der Waals surface area contributed by atoms with E-state index in [0.717, 1.165) is 49.4 Å². The molecule has 0 aromatic heterocycles. The Labute approximate surface area is 149 Å². The number of hydrogen-bond acceptors (Lipinski definition) is 4. The van der Waals surface area contributed by atoms with E-state index in [9.17, 15) is 0 Å². The van der Waals surface area contributed by atoms with Crippen LogP contribution in [-0.4, -0.2) is 25.7 Å². The number of hydrogen-bond donors (Lipinski definition) is 2. The molecule has 1 saturated carbocycles. The van der Waals surface area contributed by atoms with E-state index in [-0.39, 0.29) is 0 Å². The highest BCUT2D eigenvalue weighted by Gasteiger charge is 2.17. The minimum Gasteiger partial charge on any atom is -0.493 e. The Bertz CT molecular complexity index is 718. The van der Waals surface area contributed by atoms with Gasteiger partial charge in [0.05, 0.1) is 13.2 Å². The lowest BCUT2D eigenvalue weighted by Crippen LogP contribution is -2.26. The van der Waals surface area contributed by atoms with Crippen LogP contribution >= 0.6 is 0 Å². The number of guanidine groups is 1. The maximum atomic E-state index is 5.87. The molecule has 0 saturated heterocycles. The predicted octanol–water partition coefficient (Wildman–Crippen LogP) is 3.83. The van der Waals surface area contributed by atoms with Crippen LogP contribution in [0.4, 0.5) is 5.69 Å². The highest BCUT2D eigenvalue weighted by Crippen LogP contribution is 2.27. The van der Waals surface area contributed by atoms with E-state index in [0.29, 0.717) is 0 Å². The number of anilines is 1. The van der Waals surface area contributed by atoms with Crippen molar-refractivity contribution >= 4 is 11.6 Å². The highest BCUT2D eigenvalue weighted by atomic mass is 16.5. The molecule has 1 aliphatic heterocycles. The molecule has 0 bridgehead atoms. The standard InChI is InChI=1S/C21H25N3O/c1-2-18(3-1)15-25-20-10-6-17(7-11-20)14-16-4-8-19(9-5-16)24-21-22-12-13-23-21/h4-11,18H,1-3,12-15H2,(H2,22,23,24). The molecule has 1 fully saturated rings. The molecule has 0 unspecified atom stereocenters. The zero-order chi connectivity index (χ0) is 16.9.